The van der Waals surface area contributed by atoms with Crippen LogP contribution in [0.4, 0.5) is 0 Å². The van der Waals surface area contributed by atoms with E-state index in [1.54, 1.807) is 11.8 Å². The van der Waals surface area contributed by atoms with Gasteiger partial charge in [-0.15, -0.1) is 11.8 Å². The molecule has 1 aliphatic rings. The molecule has 16 heavy (non-hydrogen) atoms. The summed E-state index contributed by atoms with van der Waals surface area (Å²) < 4.78 is 7.21. The number of fused-ring (bicyclic) bond motifs is 1. The molecule has 0 bridgehead atoms. The van der Waals surface area contributed by atoms with Gasteiger partial charge in [-0.2, -0.15) is 0 Å². The van der Waals surface area contributed by atoms with E-state index in [1.165, 1.54) is 10.9 Å². The molecule has 2 aromatic heterocycles. The van der Waals surface area contributed by atoms with Crippen molar-refractivity contribution in [1.29, 1.82) is 0 Å². The minimum Gasteiger partial charge on any atom is -0.346 e. The molecule has 3 rings (SSSR count). The third kappa shape index (κ3) is 1.41. The lowest BCUT2D eigenvalue weighted by molar-refractivity contribution is 0.0694. The average molecular weight is 257 g/mol. The van der Waals surface area contributed by atoms with Gasteiger partial charge in [0, 0.05) is 5.75 Å². The van der Waals surface area contributed by atoms with Crippen LogP contribution >= 0.6 is 23.1 Å². The van der Waals surface area contributed by atoms with Gasteiger partial charge in [-0.25, -0.2) is 4.98 Å². The molecular formula is C8H7N3O3S2. The van der Waals surface area contributed by atoms with Gasteiger partial charge in [-0.3, -0.25) is 14.2 Å². The number of hydrogen-bond acceptors (Lipinski definition) is 6. The number of aromatic nitrogens is 3. The Bertz CT molecular complexity index is 638. The van der Waals surface area contributed by atoms with Crippen molar-refractivity contribution in [1.82, 2.24) is 14.5 Å². The standard InChI is InChI=1S/C8H7N3O3S2/c12-7-5-6(9-2-10-7)11(8(13)16-5)4-1-15-3-14-4/h2,4H,1,3H2,(H,9,10,12). The van der Waals surface area contributed by atoms with E-state index in [0.717, 1.165) is 11.3 Å². The van der Waals surface area contributed by atoms with E-state index in [-0.39, 0.29) is 16.7 Å². The molecule has 84 valence electrons. The van der Waals surface area contributed by atoms with Gasteiger partial charge >= 0.3 is 4.87 Å². The van der Waals surface area contributed by atoms with Crippen molar-refractivity contribution in [2.45, 2.75) is 6.23 Å². The molecular weight excluding hydrogens is 250 g/mol. The van der Waals surface area contributed by atoms with E-state index in [0.29, 0.717) is 22.0 Å². The van der Waals surface area contributed by atoms with Gasteiger partial charge in [0.05, 0.1) is 12.3 Å². The van der Waals surface area contributed by atoms with Crippen LogP contribution in [0, 0.1) is 0 Å². The Hall–Kier alpha value is -1.12. The number of rotatable bonds is 1. The highest BCUT2D eigenvalue weighted by Crippen LogP contribution is 2.26. The monoisotopic (exact) mass is 257 g/mol. The molecule has 1 aliphatic heterocycles. The van der Waals surface area contributed by atoms with E-state index < -0.39 is 0 Å². The lowest BCUT2D eigenvalue weighted by Crippen LogP contribution is -2.21. The SMILES string of the molecule is O=c1[nH]cnc2c1sc(=O)n2C1CSCO1. The second kappa shape index (κ2) is 3.72. The fourth-order valence-corrected chi connectivity index (χ4v) is 3.26. The molecule has 0 radical (unpaired) electrons. The van der Waals surface area contributed by atoms with Crippen LogP contribution in [0.2, 0.25) is 0 Å². The molecule has 0 saturated carbocycles. The molecule has 1 N–H and O–H groups in total. The summed E-state index contributed by atoms with van der Waals surface area (Å²) in [6, 6.07) is 0. The van der Waals surface area contributed by atoms with Crippen molar-refractivity contribution in [2.24, 2.45) is 0 Å². The van der Waals surface area contributed by atoms with Gasteiger partial charge in [0.1, 0.15) is 10.9 Å². The Morgan fingerprint density at radius 2 is 2.44 bits per heavy atom. The molecule has 0 spiro atoms. The molecule has 6 nitrogen and oxygen atoms in total. The van der Waals surface area contributed by atoms with Gasteiger partial charge < -0.3 is 9.72 Å². The van der Waals surface area contributed by atoms with Crippen molar-refractivity contribution in [3.05, 3.63) is 26.3 Å². The number of aromatic amines is 1. The quantitative estimate of drug-likeness (QED) is 0.798. The molecule has 1 saturated heterocycles. The summed E-state index contributed by atoms with van der Waals surface area (Å²) in [5.74, 6) is 1.28. The van der Waals surface area contributed by atoms with Crippen molar-refractivity contribution >= 4 is 33.4 Å². The molecule has 2 aromatic rings. The van der Waals surface area contributed by atoms with Crippen molar-refractivity contribution in [2.75, 3.05) is 11.7 Å². The third-order valence-corrected chi connectivity index (χ3v) is 4.07. The minimum absolute atomic E-state index is 0.202. The zero-order valence-electron chi connectivity index (χ0n) is 8.00. The Balaban J connectivity index is 2.31. The van der Waals surface area contributed by atoms with Gasteiger partial charge in [-0.05, 0) is 0 Å². The molecule has 0 aromatic carbocycles. The van der Waals surface area contributed by atoms with Gasteiger partial charge in [0.15, 0.2) is 5.65 Å². The van der Waals surface area contributed by atoms with Crippen LogP contribution in [0.25, 0.3) is 10.3 Å². The summed E-state index contributed by atoms with van der Waals surface area (Å²) >= 11 is 2.51. The topological polar surface area (TPSA) is 77.0 Å². The minimum atomic E-state index is -0.305. The zero-order chi connectivity index (χ0) is 11.1. The Morgan fingerprint density at radius 1 is 1.56 bits per heavy atom. The first-order valence-corrected chi connectivity index (χ1v) is 6.52. The summed E-state index contributed by atoms with van der Waals surface area (Å²) in [7, 11) is 0. The molecule has 8 heteroatoms. The van der Waals surface area contributed by atoms with Crippen molar-refractivity contribution in [3.63, 3.8) is 0 Å². The maximum absolute atomic E-state index is 11.8. The summed E-state index contributed by atoms with van der Waals surface area (Å²) in [4.78, 5) is 29.5. The molecule has 0 aliphatic carbocycles. The maximum atomic E-state index is 11.8. The van der Waals surface area contributed by atoms with Crippen molar-refractivity contribution in [3.8, 4) is 0 Å². The van der Waals surface area contributed by atoms with Gasteiger partial charge in [0.2, 0.25) is 0 Å². The highest BCUT2D eigenvalue weighted by Gasteiger charge is 2.23. The van der Waals surface area contributed by atoms with Crippen LogP contribution in [0.5, 0.6) is 0 Å². The maximum Gasteiger partial charge on any atom is 0.311 e. The first-order chi connectivity index (χ1) is 7.77. The predicted octanol–water partition coefficient (Wildman–Crippen LogP) is 0.366. The summed E-state index contributed by atoms with van der Waals surface area (Å²) in [6.45, 7) is 0. The van der Waals surface area contributed by atoms with E-state index in [2.05, 4.69) is 9.97 Å². The fraction of sp³-hybridized carbons (Fsp3) is 0.375. The summed E-state index contributed by atoms with van der Waals surface area (Å²) in [5.41, 5.74) is 0.128. The van der Waals surface area contributed by atoms with E-state index in [9.17, 15) is 9.59 Å². The predicted molar refractivity (Wildman–Crippen MR) is 61.9 cm³/mol. The summed E-state index contributed by atoms with van der Waals surface area (Å²) in [6.07, 6.45) is 0.996. The van der Waals surface area contributed by atoms with Gasteiger partial charge in [0.25, 0.3) is 5.56 Å². The van der Waals surface area contributed by atoms with Gasteiger partial charge in [-0.1, -0.05) is 11.3 Å². The molecule has 1 unspecified atom stereocenters. The zero-order valence-corrected chi connectivity index (χ0v) is 9.64. The second-order valence-electron chi connectivity index (χ2n) is 3.23. The number of nitrogens with zero attached hydrogens (tertiary/aromatic N) is 2. The third-order valence-electron chi connectivity index (χ3n) is 2.30. The van der Waals surface area contributed by atoms with Crippen LogP contribution in [0.15, 0.2) is 15.9 Å². The van der Waals surface area contributed by atoms with E-state index in [1.807, 2.05) is 0 Å². The van der Waals surface area contributed by atoms with E-state index >= 15 is 0 Å². The number of H-pyrrole nitrogens is 1. The molecule has 3 heterocycles. The smallest absolute Gasteiger partial charge is 0.311 e. The fourth-order valence-electron chi connectivity index (χ4n) is 1.59. The van der Waals surface area contributed by atoms with Crippen LogP contribution in [-0.4, -0.2) is 26.2 Å². The van der Waals surface area contributed by atoms with Crippen molar-refractivity contribution < 1.29 is 4.74 Å². The normalized spacial score (nSPS) is 20.6. The number of thioether (sulfide) groups is 1. The van der Waals surface area contributed by atoms with E-state index in [4.69, 9.17) is 4.74 Å². The summed E-state index contributed by atoms with van der Waals surface area (Å²) in [5, 5.41) is 0. The Morgan fingerprint density at radius 3 is 3.19 bits per heavy atom. The van der Waals surface area contributed by atoms with Crippen LogP contribution in [-0.2, 0) is 4.74 Å². The highest BCUT2D eigenvalue weighted by molar-refractivity contribution is 7.99. The largest absolute Gasteiger partial charge is 0.346 e. The van der Waals surface area contributed by atoms with Crippen LogP contribution < -0.4 is 10.4 Å². The Labute approximate surface area is 97.3 Å². The first-order valence-electron chi connectivity index (χ1n) is 4.55. The Kier molecular flexibility index (Phi) is 2.34. The number of ether oxygens (including phenoxy) is 1. The lowest BCUT2D eigenvalue weighted by Gasteiger charge is -2.08. The molecule has 0 amide bonds. The molecule has 1 atom stereocenters. The van der Waals surface area contributed by atoms with Crippen LogP contribution in [0.1, 0.15) is 6.23 Å². The van der Waals surface area contributed by atoms with Crippen LogP contribution in [0.3, 0.4) is 0 Å². The number of thiazole rings is 1. The number of hydrogen-bond donors (Lipinski definition) is 1. The lowest BCUT2D eigenvalue weighted by atomic mass is 10.5. The second-order valence-corrected chi connectivity index (χ2v) is 5.17. The average Bonchev–Trinajstić information content (AvgIpc) is 2.85. The highest BCUT2D eigenvalue weighted by atomic mass is 32.2. The molecule has 1 fully saturated rings. The first kappa shape index (κ1) is 10.1. The number of nitrogens with one attached hydrogen (secondary N) is 1.